The molecule has 1 aromatic carbocycles. The summed E-state index contributed by atoms with van der Waals surface area (Å²) in [5, 5.41) is 2.68. The summed E-state index contributed by atoms with van der Waals surface area (Å²) >= 11 is 0. The number of unbranched alkanes of at least 4 members (excludes halogenated alkanes) is 1. The van der Waals surface area contributed by atoms with Gasteiger partial charge in [-0.15, -0.1) is 0 Å². The summed E-state index contributed by atoms with van der Waals surface area (Å²) in [7, 11) is 0. The Kier molecular flexibility index (Phi) is 5.68. The molecule has 1 aromatic heterocycles. The molecule has 1 N–H and O–H groups in total. The number of imidazole rings is 1. The number of anilines is 1. The van der Waals surface area contributed by atoms with Gasteiger partial charge in [0.05, 0.1) is 5.69 Å². The molecule has 6 heteroatoms. The number of halogens is 1. The number of hydrogen-bond acceptors (Lipinski definition) is 2. The van der Waals surface area contributed by atoms with Gasteiger partial charge in [0.15, 0.2) is 0 Å². The van der Waals surface area contributed by atoms with Gasteiger partial charge in [-0.25, -0.2) is 14.2 Å². The van der Waals surface area contributed by atoms with Gasteiger partial charge in [0.1, 0.15) is 11.6 Å². The van der Waals surface area contributed by atoms with E-state index in [-0.39, 0.29) is 17.6 Å². The van der Waals surface area contributed by atoms with E-state index in [0.29, 0.717) is 13.1 Å². The predicted molar refractivity (Wildman–Crippen MR) is 96.1 cm³/mol. The summed E-state index contributed by atoms with van der Waals surface area (Å²) in [6, 6.07) is 5.99. The average Bonchev–Trinajstić information content (AvgIpc) is 3.10. The third-order valence-electron chi connectivity index (χ3n) is 4.69. The van der Waals surface area contributed by atoms with Crippen LogP contribution in [-0.2, 0) is 6.54 Å². The van der Waals surface area contributed by atoms with E-state index in [9.17, 15) is 9.18 Å². The summed E-state index contributed by atoms with van der Waals surface area (Å²) in [5.41, 5.74) is 0.221. The maximum atomic E-state index is 13.7. The number of likely N-dealkylation sites (tertiary alicyclic amines) is 1. The maximum absolute atomic E-state index is 13.7. The lowest BCUT2D eigenvalue weighted by Gasteiger charge is -2.32. The molecule has 0 spiro atoms. The van der Waals surface area contributed by atoms with Crippen molar-refractivity contribution in [1.29, 1.82) is 0 Å². The summed E-state index contributed by atoms with van der Waals surface area (Å²) in [6.07, 6.45) is 8.06. The molecule has 1 unspecified atom stereocenters. The molecule has 0 aliphatic carbocycles. The third kappa shape index (κ3) is 4.18. The largest absolute Gasteiger partial charge is 0.335 e. The number of nitrogens with zero attached hydrogens (tertiary/aromatic N) is 3. The molecule has 1 aliphatic heterocycles. The van der Waals surface area contributed by atoms with Crippen LogP contribution < -0.4 is 5.32 Å². The Labute approximate surface area is 147 Å². The minimum Gasteiger partial charge on any atom is -0.335 e. The summed E-state index contributed by atoms with van der Waals surface area (Å²) < 4.78 is 15.9. The van der Waals surface area contributed by atoms with Crippen molar-refractivity contribution >= 4 is 11.7 Å². The highest BCUT2D eigenvalue weighted by atomic mass is 19.1. The number of hydrogen-bond donors (Lipinski definition) is 1. The van der Waals surface area contributed by atoms with Gasteiger partial charge in [0, 0.05) is 37.9 Å². The molecule has 1 saturated heterocycles. The van der Waals surface area contributed by atoms with E-state index in [2.05, 4.69) is 21.8 Å². The van der Waals surface area contributed by atoms with Crippen molar-refractivity contribution < 1.29 is 9.18 Å². The second-order valence-electron chi connectivity index (χ2n) is 6.53. The predicted octanol–water partition coefficient (Wildman–Crippen LogP) is 4.23. The lowest BCUT2D eigenvalue weighted by Crippen LogP contribution is -2.42. The zero-order chi connectivity index (χ0) is 17.6. The van der Waals surface area contributed by atoms with Crippen molar-refractivity contribution in [2.45, 2.75) is 45.1 Å². The van der Waals surface area contributed by atoms with Crippen molar-refractivity contribution in [1.82, 2.24) is 14.5 Å². The summed E-state index contributed by atoms with van der Waals surface area (Å²) in [6.45, 7) is 4.44. The molecular weight excluding hydrogens is 319 g/mol. The zero-order valence-electron chi connectivity index (χ0n) is 14.6. The van der Waals surface area contributed by atoms with Gasteiger partial charge in [-0.05, 0) is 31.4 Å². The molecule has 2 aromatic rings. The Balaban J connectivity index is 1.66. The number of aryl methyl sites for hydroxylation is 1. The van der Waals surface area contributed by atoms with Gasteiger partial charge in [-0.2, -0.15) is 0 Å². The number of amides is 2. The molecule has 25 heavy (non-hydrogen) atoms. The molecule has 1 fully saturated rings. The first-order valence-corrected chi connectivity index (χ1v) is 9.00. The quantitative estimate of drug-likeness (QED) is 0.882. The van der Waals surface area contributed by atoms with Crippen LogP contribution in [0, 0.1) is 5.82 Å². The minimum atomic E-state index is -0.417. The minimum absolute atomic E-state index is 0.221. The van der Waals surface area contributed by atoms with E-state index in [1.807, 2.05) is 12.4 Å². The van der Waals surface area contributed by atoms with E-state index in [1.54, 1.807) is 23.1 Å². The molecular formula is C19H25FN4O. The SMILES string of the molecule is CCCCn1ccnc1C1CCCN(C(=O)Nc2ccccc2F)C1. The van der Waals surface area contributed by atoms with Crippen LogP contribution in [0.1, 0.15) is 44.3 Å². The number of urea groups is 1. The second-order valence-corrected chi connectivity index (χ2v) is 6.53. The van der Waals surface area contributed by atoms with Gasteiger partial charge in [0.25, 0.3) is 0 Å². The van der Waals surface area contributed by atoms with Crippen molar-refractivity contribution in [3.05, 3.63) is 48.3 Å². The van der Waals surface area contributed by atoms with Crippen molar-refractivity contribution in [3.8, 4) is 0 Å². The summed E-state index contributed by atoms with van der Waals surface area (Å²) in [4.78, 5) is 18.8. The maximum Gasteiger partial charge on any atom is 0.321 e. The number of carbonyl (C=O) groups excluding carboxylic acids is 1. The number of nitrogens with one attached hydrogen (secondary N) is 1. The summed E-state index contributed by atoms with van der Waals surface area (Å²) in [5.74, 6) is 0.864. The van der Waals surface area contributed by atoms with Crippen molar-refractivity contribution in [2.75, 3.05) is 18.4 Å². The fraction of sp³-hybridized carbons (Fsp3) is 0.474. The smallest absolute Gasteiger partial charge is 0.321 e. The Morgan fingerprint density at radius 3 is 3.04 bits per heavy atom. The molecule has 134 valence electrons. The van der Waals surface area contributed by atoms with Gasteiger partial charge >= 0.3 is 6.03 Å². The van der Waals surface area contributed by atoms with E-state index < -0.39 is 5.82 Å². The molecule has 0 saturated carbocycles. The number of para-hydroxylation sites is 1. The van der Waals surface area contributed by atoms with E-state index in [1.165, 1.54) is 6.07 Å². The monoisotopic (exact) mass is 344 g/mol. The highest BCUT2D eigenvalue weighted by Gasteiger charge is 2.27. The Bertz CT molecular complexity index is 715. The van der Waals surface area contributed by atoms with Crippen molar-refractivity contribution in [3.63, 3.8) is 0 Å². The van der Waals surface area contributed by atoms with Gasteiger partial charge in [-0.3, -0.25) is 0 Å². The van der Waals surface area contributed by atoms with E-state index >= 15 is 0 Å². The van der Waals surface area contributed by atoms with Gasteiger partial charge in [-0.1, -0.05) is 25.5 Å². The molecule has 1 aliphatic rings. The average molecular weight is 344 g/mol. The van der Waals surface area contributed by atoms with Crippen LogP contribution in [-0.4, -0.2) is 33.6 Å². The number of rotatable bonds is 5. The lowest BCUT2D eigenvalue weighted by molar-refractivity contribution is 0.190. The highest BCUT2D eigenvalue weighted by molar-refractivity contribution is 5.89. The molecule has 2 heterocycles. The fourth-order valence-electron chi connectivity index (χ4n) is 3.33. The first kappa shape index (κ1) is 17.5. The molecule has 2 amide bonds. The normalized spacial score (nSPS) is 17.5. The number of benzene rings is 1. The van der Waals surface area contributed by atoms with E-state index in [4.69, 9.17) is 0 Å². The first-order valence-electron chi connectivity index (χ1n) is 9.00. The van der Waals surface area contributed by atoms with Crippen LogP contribution in [0.2, 0.25) is 0 Å². The molecule has 0 radical (unpaired) electrons. The van der Waals surface area contributed by atoms with Crippen molar-refractivity contribution in [2.24, 2.45) is 0 Å². The molecule has 0 bridgehead atoms. The Hall–Kier alpha value is -2.37. The van der Waals surface area contributed by atoms with Crippen LogP contribution in [0.15, 0.2) is 36.7 Å². The van der Waals surface area contributed by atoms with Crippen LogP contribution in [0.25, 0.3) is 0 Å². The first-order chi connectivity index (χ1) is 12.2. The zero-order valence-corrected chi connectivity index (χ0v) is 14.6. The van der Waals surface area contributed by atoms with Gasteiger partial charge in [0.2, 0.25) is 0 Å². The number of aromatic nitrogens is 2. The fourth-order valence-corrected chi connectivity index (χ4v) is 3.33. The van der Waals surface area contributed by atoms with Gasteiger partial charge < -0.3 is 14.8 Å². The number of carbonyl (C=O) groups is 1. The van der Waals surface area contributed by atoms with Crippen LogP contribution >= 0.6 is 0 Å². The van der Waals surface area contributed by atoms with Crippen LogP contribution in [0.4, 0.5) is 14.9 Å². The molecule has 1 atom stereocenters. The molecule has 5 nitrogen and oxygen atoms in total. The van der Waals surface area contributed by atoms with Crippen LogP contribution in [0.3, 0.4) is 0 Å². The second kappa shape index (κ2) is 8.14. The number of piperidine rings is 1. The van der Waals surface area contributed by atoms with E-state index in [0.717, 1.165) is 38.1 Å². The lowest BCUT2D eigenvalue weighted by atomic mass is 9.97. The third-order valence-corrected chi connectivity index (χ3v) is 4.69. The Morgan fingerprint density at radius 1 is 1.40 bits per heavy atom. The topological polar surface area (TPSA) is 50.2 Å². The molecule has 3 rings (SSSR count). The highest BCUT2D eigenvalue weighted by Crippen LogP contribution is 2.26. The van der Waals surface area contributed by atoms with Crippen LogP contribution in [0.5, 0.6) is 0 Å². The standard InChI is InChI=1S/C19H25FN4O/c1-2-3-11-23-13-10-21-18(23)15-7-6-12-24(14-15)19(25)22-17-9-5-4-8-16(17)20/h4-5,8-10,13,15H,2-3,6-7,11-12,14H2,1H3,(H,22,25). The Morgan fingerprint density at radius 2 is 2.24 bits per heavy atom.